The summed E-state index contributed by atoms with van der Waals surface area (Å²) in [6, 6.07) is 9.73. The van der Waals surface area contributed by atoms with Crippen LogP contribution >= 0.6 is 0 Å². The third-order valence-corrected chi connectivity index (χ3v) is 6.92. The number of ether oxygens (including phenoxy) is 1. The first-order valence-electron chi connectivity index (χ1n) is 13.3. The first kappa shape index (κ1) is 27.3. The molecule has 1 unspecified atom stereocenters. The highest BCUT2D eigenvalue weighted by molar-refractivity contribution is 5.19. The van der Waals surface area contributed by atoms with Crippen LogP contribution in [0.2, 0.25) is 0 Å². The van der Waals surface area contributed by atoms with E-state index >= 15 is 0 Å². The van der Waals surface area contributed by atoms with Crippen LogP contribution in [0.25, 0.3) is 0 Å². The lowest BCUT2D eigenvalue weighted by Gasteiger charge is -2.31. The van der Waals surface area contributed by atoms with Gasteiger partial charge >= 0.3 is 0 Å². The molecular formula is C28H48O4. The Hall–Kier alpha value is -0.940. The first-order valence-corrected chi connectivity index (χ1v) is 13.3. The highest BCUT2D eigenvalue weighted by Gasteiger charge is 2.49. The zero-order chi connectivity index (χ0) is 23.1. The number of hydrogen-bond acceptors (Lipinski definition) is 4. The molecule has 32 heavy (non-hydrogen) atoms. The summed E-state index contributed by atoms with van der Waals surface area (Å²) in [7, 11) is 0. The van der Waals surface area contributed by atoms with Crippen LogP contribution in [0.4, 0.5) is 0 Å². The molecular weight excluding hydrogens is 400 g/mol. The summed E-state index contributed by atoms with van der Waals surface area (Å²) in [6.45, 7) is 2.27. The second-order valence-corrected chi connectivity index (χ2v) is 9.93. The maximum atomic E-state index is 11.1. The number of hydrogen-bond donors (Lipinski definition) is 3. The van der Waals surface area contributed by atoms with Crippen molar-refractivity contribution in [3.63, 3.8) is 0 Å². The number of aliphatic hydroxyl groups excluding tert-OH is 2. The molecule has 0 spiro atoms. The summed E-state index contributed by atoms with van der Waals surface area (Å²) in [4.78, 5) is 0. The predicted molar refractivity (Wildman–Crippen MR) is 132 cm³/mol. The molecule has 3 N–H and O–H groups in total. The summed E-state index contributed by atoms with van der Waals surface area (Å²) >= 11 is 0. The molecule has 1 aliphatic heterocycles. The van der Waals surface area contributed by atoms with Crippen LogP contribution in [0.1, 0.15) is 115 Å². The van der Waals surface area contributed by atoms with Crippen molar-refractivity contribution in [2.24, 2.45) is 0 Å². The van der Waals surface area contributed by atoms with Gasteiger partial charge in [-0.2, -0.15) is 0 Å². The average Bonchev–Trinajstić information content (AvgIpc) is 3.08. The molecule has 4 nitrogen and oxygen atoms in total. The minimum absolute atomic E-state index is 0.141. The largest absolute Gasteiger partial charge is 0.390 e. The molecule has 4 atom stereocenters. The Balaban J connectivity index is 1.52. The van der Waals surface area contributed by atoms with E-state index in [2.05, 4.69) is 6.92 Å². The Morgan fingerprint density at radius 3 is 1.88 bits per heavy atom. The van der Waals surface area contributed by atoms with Crippen LogP contribution in [-0.4, -0.2) is 39.4 Å². The van der Waals surface area contributed by atoms with Gasteiger partial charge < -0.3 is 20.1 Å². The third-order valence-electron chi connectivity index (χ3n) is 6.92. The predicted octanol–water partition coefficient (Wildman–Crippen LogP) is 6.30. The average molecular weight is 449 g/mol. The van der Waals surface area contributed by atoms with Crippen molar-refractivity contribution in [3.8, 4) is 0 Å². The SMILES string of the molecule is CCCCCCCCCCCCCCCCC(O)[C@H]1O[C@H](O)C[C@]1(O)Cc1ccccc1. The van der Waals surface area contributed by atoms with Crippen LogP contribution in [0.3, 0.4) is 0 Å². The van der Waals surface area contributed by atoms with Gasteiger partial charge in [0.1, 0.15) is 11.7 Å². The van der Waals surface area contributed by atoms with Crippen molar-refractivity contribution in [3.05, 3.63) is 35.9 Å². The minimum atomic E-state index is -1.23. The van der Waals surface area contributed by atoms with Gasteiger partial charge in [-0.3, -0.25) is 0 Å². The lowest BCUT2D eigenvalue weighted by atomic mass is 9.84. The van der Waals surface area contributed by atoms with Gasteiger partial charge in [0.2, 0.25) is 0 Å². The summed E-state index contributed by atoms with van der Waals surface area (Å²) in [5, 5.41) is 31.8. The Morgan fingerprint density at radius 2 is 1.34 bits per heavy atom. The van der Waals surface area contributed by atoms with Crippen molar-refractivity contribution < 1.29 is 20.1 Å². The van der Waals surface area contributed by atoms with Gasteiger partial charge in [-0.05, 0) is 12.0 Å². The lowest BCUT2D eigenvalue weighted by Crippen LogP contribution is -2.47. The summed E-state index contributed by atoms with van der Waals surface area (Å²) in [6.07, 6.45) is 16.9. The molecule has 184 valence electrons. The number of rotatable bonds is 18. The third kappa shape index (κ3) is 10.3. The van der Waals surface area contributed by atoms with Crippen molar-refractivity contribution >= 4 is 0 Å². The van der Waals surface area contributed by atoms with Crippen molar-refractivity contribution in [2.75, 3.05) is 0 Å². The molecule has 1 aliphatic rings. The number of benzene rings is 1. The van der Waals surface area contributed by atoms with Gasteiger partial charge in [0.05, 0.1) is 6.10 Å². The maximum absolute atomic E-state index is 11.1. The van der Waals surface area contributed by atoms with E-state index in [9.17, 15) is 15.3 Å². The fourth-order valence-electron chi connectivity index (χ4n) is 5.03. The topological polar surface area (TPSA) is 69.9 Å². The quantitative estimate of drug-likeness (QED) is 0.231. The van der Waals surface area contributed by atoms with Gasteiger partial charge in [0.15, 0.2) is 6.29 Å². The van der Waals surface area contributed by atoms with Gasteiger partial charge in [-0.1, -0.05) is 127 Å². The molecule has 0 saturated carbocycles. The normalized spacial score (nSPS) is 24.1. The van der Waals surface area contributed by atoms with E-state index in [4.69, 9.17) is 4.74 Å². The van der Waals surface area contributed by atoms with Gasteiger partial charge in [-0.15, -0.1) is 0 Å². The summed E-state index contributed by atoms with van der Waals surface area (Å²) < 4.78 is 5.54. The van der Waals surface area contributed by atoms with Crippen molar-refractivity contribution in [1.82, 2.24) is 0 Å². The highest BCUT2D eigenvalue weighted by atomic mass is 16.6. The standard InChI is InChI=1S/C28H48O4/c1-2-3-4-5-6-7-8-9-10-11-12-13-14-18-21-25(29)27-28(31,23-26(30)32-27)22-24-19-16-15-17-20-24/h15-17,19-20,25-27,29-31H,2-14,18,21-23H2,1H3/t25?,26-,27+,28+/m0/s1. The number of unbranched alkanes of at least 4 members (excludes halogenated alkanes) is 13. The van der Waals surface area contributed by atoms with E-state index < -0.39 is 24.1 Å². The van der Waals surface area contributed by atoms with E-state index in [0.717, 1.165) is 18.4 Å². The fourth-order valence-corrected chi connectivity index (χ4v) is 5.03. The Morgan fingerprint density at radius 1 is 0.844 bits per heavy atom. The van der Waals surface area contributed by atoms with E-state index in [-0.39, 0.29) is 6.42 Å². The molecule has 1 saturated heterocycles. The van der Waals surface area contributed by atoms with Crippen LogP contribution in [0, 0.1) is 0 Å². The van der Waals surface area contributed by atoms with Crippen LogP contribution in [0.5, 0.6) is 0 Å². The molecule has 0 radical (unpaired) electrons. The summed E-state index contributed by atoms with van der Waals surface area (Å²) in [5.41, 5.74) is -0.239. The summed E-state index contributed by atoms with van der Waals surface area (Å²) in [5.74, 6) is 0. The Labute approximate surface area is 196 Å². The highest BCUT2D eigenvalue weighted by Crippen LogP contribution is 2.36. The second-order valence-electron chi connectivity index (χ2n) is 9.93. The van der Waals surface area contributed by atoms with Gasteiger partial charge in [0.25, 0.3) is 0 Å². The Kier molecular flexibility index (Phi) is 13.5. The first-order chi connectivity index (χ1) is 15.5. The van der Waals surface area contributed by atoms with Crippen molar-refractivity contribution in [2.45, 2.75) is 140 Å². The smallest absolute Gasteiger partial charge is 0.158 e. The van der Waals surface area contributed by atoms with Gasteiger partial charge in [-0.25, -0.2) is 0 Å². The molecule has 0 bridgehead atoms. The minimum Gasteiger partial charge on any atom is -0.390 e. The molecule has 1 fully saturated rings. The molecule has 0 amide bonds. The number of aliphatic hydroxyl groups is 3. The molecule has 0 aromatic heterocycles. The molecule has 4 heteroatoms. The van der Waals surface area contributed by atoms with E-state index in [1.165, 1.54) is 77.0 Å². The lowest BCUT2D eigenvalue weighted by molar-refractivity contribution is -0.146. The monoisotopic (exact) mass is 448 g/mol. The van der Waals surface area contributed by atoms with E-state index in [0.29, 0.717) is 12.8 Å². The van der Waals surface area contributed by atoms with Crippen LogP contribution < -0.4 is 0 Å². The van der Waals surface area contributed by atoms with Gasteiger partial charge in [0, 0.05) is 12.8 Å². The zero-order valence-corrected chi connectivity index (χ0v) is 20.4. The Bertz CT molecular complexity index is 578. The molecule has 1 aromatic carbocycles. The van der Waals surface area contributed by atoms with Crippen molar-refractivity contribution in [1.29, 1.82) is 0 Å². The van der Waals surface area contributed by atoms with E-state index in [1.807, 2.05) is 30.3 Å². The zero-order valence-electron chi connectivity index (χ0n) is 20.4. The molecule has 0 aliphatic carbocycles. The van der Waals surface area contributed by atoms with Crippen LogP contribution in [0.15, 0.2) is 30.3 Å². The second kappa shape index (κ2) is 15.8. The fraction of sp³-hybridized carbons (Fsp3) is 0.786. The molecule has 1 heterocycles. The maximum Gasteiger partial charge on any atom is 0.158 e. The molecule has 2 rings (SSSR count). The van der Waals surface area contributed by atoms with Crippen LogP contribution in [-0.2, 0) is 11.2 Å². The molecule has 1 aromatic rings. The van der Waals surface area contributed by atoms with E-state index in [1.54, 1.807) is 0 Å².